The lowest BCUT2D eigenvalue weighted by Gasteiger charge is -2.36. The summed E-state index contributed by atoms with van der Waals surface area (Å²) in [6.07, 6.45) is -9.11. The van der Waals surface area contributed by atoms with Gasteiger partial charge in [-0.05, 0) is 0 Å². The molecule has 290 valence electrons. The summed E-state index contributed by atoms with van der Waals surface area (Å²) in [6.45, 7) is -2.95. The molecular formula is C22H28N10O18P3-. The van der Waals surface area contributed by atoms with Crippen LogP contribution in [0.5, 0.6) is 0 Å². The lowest BCUT2D eigenvalue weighted by molar-refractivity contribution is -0.550. The second kappa shape index (κ2) is 13.9. The number of nitrogen functional groups attached to an aromatic ring is 2. The number of aromatic nitrogens is 6. The first kappa shape index (κ1) is 39.1. The van der Waals surface area contributed by atoms with Crippen LogP contribution >= 0.6 is 23.5 Å². The van der Waals surface area contributed by atoms with E-state index in [1.165, 1.54) is 11.6 Å². The maximum absolute atomic E-state index is 12.5. The third kappa shape index (κ3) is 7.55. The molecule has 2 saturated heterocycles. The van der Waals surface area contributed by atoms with Crippen LogP contribution < -0.4 is 37.3 Å². The third-order valence-electron chi connectivity index (χ3n) is 8.01. The van der Waals surface area contributed by atoms with Crippen LogP contribution in [0.2, 0.25) is 0 Å². The Hall–Kier alpha value is -3.62. The number of aromatic amines is 2. The minimum Gasteiger partial charge on any atom is -0.756 e. The zero-order chi connectivity index (χ0) is 38.8. The molecule has 10 atom stereocenters. The van der Waals surface area contributed by atoms with Gasteiger partial charge in [-0.1, -0.05) is 4.58 Å². The Labute approximate surface area is 293 Å². The summed E-state index contributed by atoms with van der Waals surface area (Å²) in [5, 5.41) is 32.0. The predicted octanol–water partition coefficient (Wildman–Crippen LogP) is -5.63. The van der Waals surface area contributed by atoms with E-state index < -0.39 is 96.9 Å². The first-order valence-electron chi connectivity index (χ1n) is 14.6. The number of nitrogens with zero attached hydrogens (tertiary/aromatic N) is 6. The van der Waals surface area contributed by atoms with Crippen molar-refractivity contribution in [3.8, 4) is 0 Å². The van der Waals surface area contributed by atoms with Gasteiger partial charge in [0, 0.05) is 7.11 Å². The largest absolute Gasteiger partial charge is 0.756 e. The number of rotatable bonds is 13. The van der Waals surface area contributed by atoms with E-state index in [0.717, 1.165) is 22.6 Å². The van der Waals surface area contributed by atoms with Crippen molar-refractivity contribution in [3.63, 3.8) is 0 Å². The highest BCUT2D eigenvalue weighted by atomic mass is 31.3. The molecule has 9 N–H and O–H groups in total. The van der Waals surface area contributed by atoms with Crippen molar-refractivity contribution in [2.24, 2.45) is 0 Å². The molecule has 0 aromatic carbocycles. The van der Waals surface area contributed by atoms with Gasteiger partial charge in [0.25, 0.3) is 35.3 Å². The molecule has 53 heavy (non-hydrogen) atoms. The average Bonchev–Trinajstić information content (AvgIpc) is 3.77. The van der Waals surface area contributed by atoms with E-state index >= 15 is 0 Å². The number of aliphatic hydroxyl groups is 3. The maximum atomic E-state index is 12.5. The van der Waals surface area contributed by atoms with E-state index in [2.05, 4.69) is 48.6 Å². The topological polar surface area (TPSA) is 413 Å². The maximum Gasteiger partial charge on any atom is 0.465 e. The third-order valence-corrected chi connectivity index (χ3v) is 12.1. The van der Waals surface area contributed by atoms with Crippen molar-refractivity contribution in [1.29, 1.82) is 0 Å². The summed E-state index contributed by atoms with van der Waals surface area (Å²) in [5.74, 6) is -0.698. The van der Waals surface area contributed by atoms with E-state index in [4.69, 9.17) is 25.7 Å². The van der Waals surface area contributed by atoms with E-state index in [0.29, 0.717) is 0 Å². The van der Waals surface area contributed by atoms with Gasteiger partial charge in [-0.25, -0.2) is 13.6 Å². The number of phosphoric ester groups is 2. The Bertz CT molecular complexity index is 2290. The van der Waals surface area contributed by atoms with E-state index in [1.807, 2.05) is 0 Å². The molecule has 6 unspecified atom stereocenters. The number of ether oxygens (including phenoxy) is 3. The van der Waals surface area contributed by atoms with Crippen LogP contribution in [0.3, 0.4) is 0 Å². The summed E-state index contributed by atoms with van der Waals surface area (Å²) in [6, 6.07) is 2.69. The first-order chi connectivity index (χ1) is 24.7. The molecule has 31 heteroatoms. The van der Waals surface area contributed by atoms with Gasteiger partial charge in [0.05, 0.1) is 31.1 Å². The minimum atomic E-state index is -6.38. The summed E-state index contributed by atoms with van der Waals surface area (Å²) in [4.78, 5) is 77.8. The minimum absolute atomic E-state index is 0.0243. The molecule has 0 spiro atoms. The lowest BCUT2D eigenvalue weighted by atomic mass is 10.00. The Morgan fingerprint density at radius 3 is 2.36 bits per heavy atom. The SMILES string of the molecule is COC1(COP(=O)([O-])OP(=O)([O-])OP(=O)([O-])OC[C@H]2O[C@@H](n3cnc4c(=O)[nH]c(N)nc43)C(O)[C@H]2O)CO[C@@H]([N+]2=C=[N+](C)c3c2nc(N)[nH]c3=O)C1O. The first-order valence-corrected chi connectivity index (χ1v) is 19.0. The number of H-pyrrole nitrogens is 2. The van der Waals surface area contributed by atoms with Crippen LogP contribution in [0.15, 0.2) is 15.9 Å². The Kier molecular flexibility index (Phi) is 10.3. The summed E-state index contributed by atoms with van der Waals surface area (Å²) >= 11 is 0. The van der Waals surface area contributed by atoms with E-state index in [1.54, 1.807) is 0 Å². The van der Waals surface area contributed by atoms with Crippen LogP contribution in [0.1, 0.15) is 6.23 Å². The number of aliphatic hydroxyl groups excluding tert-OH is 3. The molecule has 28 nitrogen and oxygen atoms in total. The van der Waals surface area contributed by atoms with Gasteiger partial charge in [-0.15, -0.1) is 4.58 Å². The van der Waals surface area contributed by atoms with Gasteiger partial charge in [0.2, 0.25) is 5.95 Å². The number of hydrogen-bond donors (Lipinski definition) is 7. The Morgan fingerprint density at radius 2 is 1.68 bits per heavy atom. The molecule has 0 saturated carbocycles. The van der Waals surface area contributed by atoms with Crippen molar-refractivity contribution in [2.45, 2.75) is 42.5 Å². The number of imidazole rings is 1. The fraction of sp³-hybridized carbons (Fsp3) is 0.545. The number of nitrogens with two attached hydrogens (primary N) is 2. The molecule has 3 aliphatic heterocycles. The number of methoxy groups -OCH3 is 1. The number of hydrogen-bond acceptors (Lipinski definition) is 23. The summed E-state index contributed by atoms with van der Waals surface area (Å²) < 4.78 is 73.5. The van der Waals surface area contributed by atoms with Gasteiger partial charge in [-0.3, -0.25) is 37.8 Å². The van der Waals surface area contributed by atoms with E-state index in [9.17, 15) is 53.3 Å². The highest BCUT2D eigenvalue weighted by Gasteiger charge is 2.58. The number of nitrogens with one attached hydrogen (secondary N) is 2. The average molecular weight is 813 g/mol. The molecule has 0 aliphatic carbocycles. The molecule has 0 amide bonds. The van der Waals surface area contributed by atoms with Crippen LogP contribution in [0.4, 0.5) is 23.4 Å². The van der Waals surface area contributed by atoms with Crippen molar-refractivity contribution in [1.82, 2.24) is 29.5 Å². The fourth-order valence-corrected chi connectivity index (χ4v) is 8.94. The molecular weight excluding hydrogens is 785 g/mol. The highest BCUT2D eigenvalue weighted by molar-refractivity contribution is 7.65. The van der Waals surface area contributed by atoms with Crippen molar-refractivity contribution < 1.29 is 84.7 Å². The van der Waals surface area contributed by atoms with Gasteiger partial charge < -0.3 is 64.7 Å². The zero-order valence-electron chi connectivity index (χ0n) is 26.8. The second-order valence-corrected chi connectivity index (χ2v) is 16.0. The molecule has 3 aromatic heterocycles. The predicted molar refractivity (Wildman–Crippen MR) is 161 cm³/mol. The van der Waals surface area contributed by atoms with Crippen molar-refractivity contribution >= 4 is 64.0 Å². The molecule has 3 aliphatic rings. The fourth-order valence-electron chi connectivity index (χ4n) is 5.51. The molecule has 0 bridgehead atoms. The zero-order valence-corrected chi connectivity index (χ0v) is 29.5. The van der Waals surface area contributed by atoms with Crippen LogP contribution in [0, 0.1) is 0 Å². The van der Waals surface area contributed by atoms with Gasteiger partial charge in [0.15, 0.2) is 23.5 Å². The number of phosphoric acid groups is 3. The molecule has 2 fully saturated rings. The van der Waals surface area contributed by atoms with Gasteiger partial charge in [-0.2, -0.15) is 4.98 Å². The smallest absolute Gasteiger partial charge is 0.465 e. The van der Waals surface area contributed by atoms with Gasteiger partial charge >= 0.3 is 29.0 Å². The second-order valence-electron chi connectivity index (χ2n) is 11.5. The Morgan fingerprint density at radius 1 is 1.04 bits per heavy atom. The summed E-state index contributed by atoms with van der Waals surface area (Å²) in [5.41, 5.74) is 7.31. The Balaban J connectivity index is 1.06. The molecule has 0 radical (unpaired) electrons. The molecule has 6 heterocycles. The lowest BCUT2D eigenvalue weighted by Crippen LogP contribution is -2.51. The normalized spacial score (nSPS) is 30.4. The van der Waals surface area contributed by atoms with Gasteiger partial charge in [0.1, 0.15) is 31.0 Å². The number of fused-ring (bicyclic) bond motifs is 2. The highest BCUT2D eigenvalue weighted by Crippen LogP contribution is 2.63. The standard InChI is InChI=1S/C22H29N10O18P3/c1-30-7-32(15-10(30)17(37)29-21(24)27-15)19-13(35)22(44-2,4-45-19)5-47-52(40,41)50-53(42,43)49-51(38,39)46-3-8-11(33)12(34)18(48-8)31-6-25-9-14(31)26-20(23)28-16(9)36/h6,8,11-13,18-19,33-35H,3-5H2,1-2H3,(H7-2,23,24,26,27,28,29,36,37,38,39,40,41,42,43)/p-1/t8-,11+,12?,13?,18-,19-,22?/m1/s1. The van der Waals surface area contributed by atoms with Crippen molar-refractivity contribution in [2.75, 3.05) is 45.4 Å². The molecule has 6 rings (SSSR count). The quantitative estimate of drug-likeness (QED) is 0.0624. The van der Waals surface area contributed by atoms with Crippen LogP contribution in [0.25, 0.3) is 11.2 Å². The van der Waals surface area contributed by atoms with Crippen LogP contribution in [-0.2, 0) is 45.6 Å². The van der Waals surface area contributed by atoms with Crippen molar-refractivity contribution in [3.05, 3.63) is 27.0 Å². The molecule has 3 aromatic rings. The van der Waals surface area contributed by atoms with Crippen LogP contribution in [-0.4, -0.2) is 130 Å². The summed E-state index contributed by atoms with van der Waals surface area (Å²) in [7, 11) is -16.0. The van der Waals surface area contributed by atoms with E-state index in [-0.39, 0.29) is 34.6 Å². The monoisotopic (exact) mass is 813 g/mol. The number of anilines is 2.